The molecule has 1 heterocycles. The summed E-state index contributed by atoms with van der Waals surface area (Å²) in [6.07, 6.45) is 1.88. The fourth-order valence-electron chi connectivity index (χ4n) is 3.71. The maximum atomic E-state index is 5.94. The normalized spacial score (nSPS) is 13.9. The summed E-state index contributed by atoms with van der Waals surface area (Å²) in [6.45, 7) is 4.00. The molecule has 0 bridgehead atoms. The van der Waals surface area contributed by atoms with Crippen molar-refractivity contribution in [1.82, 2.24) is 5.01 Å². The van der Waals surface area contributed by atoms with Gasteiger partial charge in [-0.05, 0) is 41.5 Å². The van der Waals surface area contributed by atoms with Gasteiger partial charge in [0.15, 0.2) is 11.5 Å². The minimum Gasteiger partial charge on any atom is -0.495 e. The van der Waals surface area contributed by atoms with E-state index in [0.29, 0.717) is 12.4 Å². The van der Waals surface area contributed by atoms with Crippen molar-refractivity contribution in [1.29, 1.82) is 0 Å². The minimum absolute atomic E-state index is 0.501. The van der Waals surface area contributed by atoms with Gasteiger partial charge in [0.05, 0.1) is 39.2 Å². The number of benzene rings is 3. The van der Waals surface area contributed by atoms with Gasteiger partial charge in [-0.2, -0.15) is 5.10 Å². The van der Waals surface area contributed by atoms with Crippen LogP contribution in [0.4, 0.5) is 5.69 Å². The van der Waals surface area contributed by atoms with Gasteiger partial charge in [0.25, 0.3) is 0 Å². The Bertz CT molecular complexity index is 1030. The highest BCUT2D eigenvalue weighted by atomic mass is 16.5. The molecule has 6 nitrogen and oxygen atoms in total. The number of para-hydroxylation sites is 2. The molecule has 1 saturated heterocycles. The van der Waals surface area contributed by atoms with E-state index < -0.39 is 0 Å². The van der Waals surface area contributed by atoms with E-state index in [9.17, 15) is 0 Å². The van der Waals surface area contributed by atoms with E-state index >= 15 is 0 Å². The molecule has 0 atom stereocenters. The van der Waals surface area contributed by atoms with Crippen LogP contribution in [0.2, 0.25) is 0 Å². The van der Waals surface area contributed by atoms with Crippen molar-refractivity contribution in [2.45, 2.75) is 6.61 Å². The number of nitrogens with zero attached hydrogens (tertiary/aromatic N) is 3. The number of anilines is 1. The predicted molar refractivity (Wildman–Crippen MR) is 128 cm³/mol. The van der Waals surface area contributed by atoms with Gasteiger partial charge in [-0.25, -0.2) is 0 Å². The van der Waals surface area contributed by atoms with Crippen molar-refractivity contribution in [3.05, 3.63) is 83.9 Å². The molecule has 1 aliphatic rings. The summed E-state index contributed by atoms with van der Waals surface area (Å²) in [5.41, 5.74) is 3.22. The van der Waals surface area contributed by atoms with E-state index in [0.717, 1.165) is 54.5 Å². The van der Waals surface area contributed by atoms with Gasteiger partial charge in [0.2, 0.25) is 0 Å². The van der Waals surface area contributed by atoms with Crippen LogP contribution in [0.5, 0.6) is 17.2 Å². The smallest absolute Gasteiger partial charge is 0.161 e. The quantitative estimate of drug-likeness (QED) is 0.494. The minimum atomic E-state index is 0.501. The highest BCUT2D eigenvalue weighted by Gasteiger charge is 2.18. The van der Waals surface area contributed by atoms with E-state index in [4.69, 9.17) is 14.2 Å². The Morgan fingerprint density at radius 2 is 1.50 bits per heavy atom. The molecule has 0 unspecified atom stereocenters. The lowest BCUT2D eigenvalue weighted by atomic mass is 10.2. The first-order valence-electron chi connectivity index (χ1n) is 10.8. The van der Waals surface area contributed by atoms with Gasteiger partial charge in [0, 0.05) is 13.1 Å². The zero-order chi connectivity index (χ0) is 22.2. The van der Waals surface area contributed by atoms with Crippen LogP contribution < -0.4 is 19.1 Å². The summed E-state index contributed by atoms with van der Waals surface area (Å²) in [4.78, 5) is 2.34. The second-order valence-corrected chi connectivity index (χ2v) is 7.54. The summed E-state index contributed by atoms with van der Waals surface area (Å²) < 4.78 is 17.0. The summed E-state index contributed by atoms with van der Waals surface area (Å²) in [6, 6.07) is 24.1. The third-order valence-corrected chi connectivity index (χ3v) is 5.48. The first-order chi connectivity index (χ1) is 15.8. The van der Waals surface area contributed by atoms with Crippen molar-refractivity contribution in [2.75, 3.05) is 45.3 Å². The van der Waals surface area contributed by atoms with Crippen LogP contribution in [0.3, 0.4) is 0 Å². The number of hydrogen-bond acceptors (Lipinski definition) is 6. The Kier molecular flexibility index (Phi) is 7.12. The van der Waals surface area contributed by atoms with Gasteiger partial charge in [0.1, 0.15) is 12.4 Å². The van der Waals surface area contributed by atoms with E-state index in [1.165, 1.54) is 0 Å². The van der Waals surface area contributed by atoms with Crippen LogP contribution >= 0.6 is 0 Å². The predicted octanol–water partition coefficient (Wildman–Crippen LogP) is 4.44. The van der Waals surface area contributed by atoms with Gasteiger partial charge in [-0.15, -0.1) is 0 Å². The molecule has 1 fully saturated rings. The Morgan fingerprint density at radius 3 is 2.25 bits per heavy atom. The lowest BCUT2D eigenvalue weighted by molar-refractivity contribution is 0.271. The van der Waals surface area contributed by atoms with Gasteiger partial charge < -0.3 is 19.1 Å². The molecule has 0 saturated carbocycles. The van der Waals surface area contributed by atoms with E-state index in [-0.39, 0.29) is 0 Å². The average Bonchev–Trinajstić information content (AvgIpc) is 2.87. The second kappa shape index (κ2) is 10.6. The lowest BCUT2D eigenvalue weighted by Crippen LogP contribution is -2.44. The average molecular weight is 432 g/mol. The zero-order valence-electron chi connectivity index (χ0n) is 18.6. The molecule has 4 rings (SSSR count). The van der Waals surface area contributed by atoms with Gasteiger partial charge >= 0.3 is 0 Å². The molecule has 1 aliphatic heterocycles. The summed E-state index contributed by atoms with van der Waals surface area (Å²) in [5.74, 6) is 2.33. The molecule has 0 amide bonds. The molecule has 3 aromatic carbocycles. The third-order valence-electron chi connectivity index (χ3n) is 5.48. The summed E-state index contributed by atoms with van der Waals surface area (Å²) >= 11 is 0. The highest BCUT2D eigenvalue weighted by Crippen LogP contribution is 2.29. The van der Waals surface area contributed by atoms with Crippen LogP contribution in [-0.2, 0) is 6.61 Å². The number of hydrogen-bond donors (Lipinski definition) is 0. The fraction of sp³-hybridized carbons (Fsp3) is 0.269. The van der Waals surface area contributed by atoms with Gasteiger partial charge in [-0.3, -0.25) is 5.01 Å². The Morgan fingerprint density at radius 1 is 0.781 bits per heavy atom. The highest BCUT2D eigenvalue weighted by molar-refractivity contribution is 5.80. The maximum absolute atomic E-state index is 5.94. The van der Waals surface area contributed by atoms with Crippen molar-refractivity contribution < 1.29 is 14.2 Å². The van der Waals surface area contributed by atoms with Crippen LogP contribution in [0.25, 0.3) is 0 Å². The van der Waals surface area contributed by atoms with E-state index in [1.54, 1.807) is 14.2 Å². The lowest BCUT2D eigenvalue weighted by Gasteiger charge is -2.35. The Balaban J connectivity index is 1.34. The van der Waals surface area contributed by atoms with Crippen LogP contribution in [0, 0.1) is 0 Å². The summed E-state index contributed by atoms with van der Waals surface area (Å²) in [7, 11) is 3.37. The zero-order valence-corrected chi connectivity index (χ0v) is 18.6. The number of methoxy groups -OCH3 is 2. The molecular weight excluding hydrogens is 402 g/mol. The van der Waals surface area contributed by atoms with Crippen molar-refractivity contribution in [3.8, 4) is 17.2 Å². The fourth-order valence-corrected chi connectivity index (χ4v) is 3.71. The van der Waals surface area contributed by atoms with E-state index in [1.807, 2.05) is 72.9 Å². The Labute approximate surface area is 189 Å². The SMILES string of the molecule is COc1cc(/C=N\N2CCN(c3ccccc3OC)CC2)ccc1OCc1ccccc1. The molecule has 0 aromatic heterocycles. The van der Waals surface area contributed by atoms with Crippen LogP contribution in [0.1, 0.15) is 11.1 Å². The number of piperazine rings is 1. The molecule has 0 radical (unpaired) electrons. The first kappa shape index (κ1) is 21.6. The van der Waals surface area contributed by atoms with Crippen molar-refractivity contribution in [2.24, 2.45) is 5.10 Å². The van der Waals surface area contributed by atoms with Gasteiger partial charge in [-0.1, -0.05) is 42.5 Å². The number of ether oxygens (including phenoxy) is 3. The van der Waals surface area contributed by atoms with Crippen molar-refractivity contribution >= 4 is 11.9 Å². The first-order valence-corrected chi connectivity index (χ1v) is 10.8. The monoisotopic (exact) mass is 431 g/mol. The third kappa shape index (κ3) is 5.32. The molecule has 0 N–H and O–H groups in total. The molecule has 0 spiro atoms. The molecule has 166 valence electrons. The van der Waals surface area contributed by atoms with Crippen LogP contribution in [-0.4, -0.2) is 51.6 Å². The van der Waals surface area contributed by atoms with Crippen LogP contribution in [0.15, 0.2) is 77.9 Å². The molecule has 6 heteroatoms. The molecule has 32 heavy (non-hydrogen) atoms. The second-order valence-electron chi connectivity index (χ2n) is 7.54. The molecular formula is C26H29N3O3. The van der Waals surface area contributed by atoms with Crippen molar-refractivity contribution in [3.63, 3.8) is 0 Å². The topological polar surface area (TPSA) is 46.5 Å². The maximum Gasteiger partial charge on any atom is 0.161 e. The van der Waals surface area contributed by atoms with E-state index in [2.05, 4.69) is 21.1 Å². The number of rotatable bonds is 8. The Hall–Kier alpha value is -3.67. The molecule has 3 aromatic rings. The summed E-state index contributed by atoms with van der Waals surface area (Å²) in [5, 5.41) is 6.77. The number of hydrazone groups is 1. The standard InChI is InChI=1S/C26H29N3O3/c1-30-24-11-7-6-10-23(24)28-14-16-29(17-15-28)27-19-22-12-13-25(26(18-22)31-2)32-20-21-8-4-3-5-9-21/h3-13,18-19H,14-17,20H2,1-2H3/b27-19-. The molecule has 0 aliphatic carbocycles. The largest absolute Gasteiger partial charge is 0.495 e.